The zero-order valence-electron chi connectivity index (χ0n) is 8.20. The molecular formula is C9H9ClN2O2S. The number of rotatable bonds is 1. The Morgan fingerprint density at radius 2 is 2.07 bits per heavy atom. The summed E-state index contributed by atoms with van der Waals surface area (Å²) in [5.74, 6) is 0. The normalized spacial score (nSPS) is 12.2. The quantitative estimate of drug-likeness (QED) is 0.834. The Kier molecular flexibility index (Phi) is 2.24. The second-order valence-electron chi connectivity index (χ2n) is 3.43. The van der Waals surface area contributed by atoms with Crippen LogP contribution in [0.4, 0.5) is 0 Å². The highest BCUT2D eigenvalue weighted by Gasteiger charge is 2.13. The number of nitrogens with zero attached hydrogens (tertiary/aromatic N) is 1. The number of aryl methyl sites for hydroxylation is 1. The first kappa shape index (κ1) is 10.4. The number of hydrogen-bond donors (Lipinski definition) is 1. The predicted molar refractivity (Wildman–Crippen MR) is 59.0 cm³/mol. The second-order valence-corrected chi connectivity index (χ2v) is 5.77. The average molecular weight is 245 g/mol. The summed E-state index contributed by atoms with van der Waals surface area (Å²) in [4.78, 5) is 6.70. The molecule has 0 unspecified atom stereocenters. The van der Waals surface area contributed by atoms with Crippen molar-refractivity contribution < 1.29 is 8.42 Å². The van der Waals surface area contributed by atoms with Gasteiger partial charge in [0.15, 0.2) is 0 Å². The van der Waals surface area contributed by atoms with E-state index in [9.17, 15) is 8.42 Å². The van der Waals surface area contributed by atoms with Gasteiger partial charge < -0.3 is 4.98 Å². The first-order chi connectivity index (χ1) is 6.88. The highest BCUT2D eigenvalue weighted by Crippen LogP contribution is 2.22. The van der Waals surface area contributed by atoms with E-state index >= 15 is 0 Å². The first-order valence-electron chi connectivity index (χ1n) is 4.24. The molecule has 6 heteroatoms. The number of aromatic nitrogens is 2. The third-order valence-electron chi connectivity index (χ3n) is 2.09. The zero-order valence-corrected chi connectivity index (χ0v) is 9.78. The van der Waals surface area contributed by atoms with E-state index in [4.69, 9.17) is 11.6 Å². The molecule has 2 aromatic rings. The van der Waals surface area contributed by atoms with Crippen molar-refractivity contribution in [2.45, 2.75) is 12.1 Å². The number of benzene rings is 1. The van der Waals surface area contributed by atoms with Crippen molar-refractivity contribution in [2.24, 2.45) is 0 Å². The van der Waals surface area contributed by atoms with E-state index in [-0.39, 0.29) is 5.16 Å². The minimum atomic E-state index is -3.30. The van der Waals surface area contributed by atoms with Crippen LogP contribution in [0.5, 0.6) is 0 Å². The van der Waals surface area contributed by atoms with Gasteiger partial charge in [-0.1, -0.05) is 11.6 Å². The summed E-state index contributed by atoms with van der Waals surface area (Å²) in [6.45, 7) is 1.85. The molecule has 0 atom stereocenters. The predicted octanol–water partition coefficient (Wildman–Crippen LogP) is 1.93. The van der Waals surface area contributed by atoms with Crippen molar-refractivity contribution in [3.63, 3.8) is 0 Å². The molecule has 0 saturated carbocycles. The molecule has 15 heavy (non-hydrogen) atoms. The number of aromatic amines is 1. The van der Waals surface area contributed by atoms with E-state index < -0.39 is 9.84 Å². The fourth-order valence-corrected chi connectivity index (χ4v) is 2.01. The van der Waals surface area contributed by atoms with Gasteiger partial charge in [-0.25, -0.2) is 13.4 Å². The van der Waals surface area contributed by atoms with Crippen molar-refractivity contribution in [3.8, 4) is 0 Å². The monoisotopic (exact) mass is 244 g/mol. The number of imidazole rings is 1. The number of hydrogen-bond acceptors (Lipinski definition) is 3. The molecule has 0 bridgehead atoms. The minimum Gasteiger partial charge on any atom is -0.329 e. The number of nitrogens with one attached hydrogen (secondary N) is 1. The lowest BCUT2D eigenvalue weighted by molar-refractivity contribution is 0.595. The zero-order chi connectivity index (χ0) is 11.2. The molecule has 1 heterocycles. The fraction of sp³-hybridized carbons (Fsp3) is 0.222. The summed E-state index contributed by atoms with van der Waals surface area (Å²) in [5.41, 5.74) is 2.12. The molecule has 1 aromatic carbocycles. The van der Waals surface area contributed by atoms with Crippen molar-refractivity contribution in [1.82, 2.24) is 9.97 Å². The minimum absolute atomic E-state index is 0.0285. The third kappa shape index (κ3) is 1.85. The third-order valence-corrected chi connectivity index (χ3v) is 3.39. The molecule has 4 nitrogen and oxygen atoms in total. The van der Waals surface area contributed by atoms with Gasteiger partial charge in [0.05, 0.1) is 11.0 Å². The van der Waals surface area contributed by atoms with E-state index in [1.165, 1.54) is 0 Å². The van der Waals surface area contributed by atoms with Crippen LogP contribution >= 0.6 is 11.6 Å². The highest BCUT2D eigenvalue weighted by atomic mass is 35.5. The van der Waals surface area contributed by atoms with Gasteiger partial charge in [0.25, 0.3) is 0 Å². The Bertz CT molecular complexity index is 592. The molecule has 80 valence electrons. The van der Waals surface area contributed by atoms with Crippen LogP contribution in [0.25, 0.3) is 11.0 Å². The maximum Gasteiger partial charge on any atom is 0.225 e. The van der Waals surface area contributed by atoms with Gasteiger partial charge in [0, 0.05) is 11.3 Å². The van der Waals surface area contributed by atoms with E-state index in [0.29, 0.717) is 16.1 Å². The van der Waals surface area contributed by atoms with Crippen LogP contribution in [-0.4, -0.2) is 24.6 Å². The first-order valence-corrected chi connectivity index (χ1v) is 6.51. The molecule has 0 aliphatic rings. The van der Waals surface area contributed by atoms with Crippen LogP contribution in [0, 0.1) is 6.92 Å². The van der Waals surface area contributed by atoms with E-state index in [1.807, 2.05) is 6.92 Å². The number of sulfone groups is 1. The van der Waals surface area contributed by atoms with Gasteiger partial charge in [-0.15, -0.1) is 0 Å². The SMILES string of the molecule is Cc1cc2[nH]c(S(C)(=O)=O)nc2cc1Cl. The van der Waals surface area contributed by atoms with Crippen LogP contribution < -0.4 is 0 Å². The summed E-state index contributed by atoms with van der Waals surface area (Å²) in [5, 5.41) is 0.549. The van der Waals surface area contributed by atoms with Crippen molar-refractivity contribution in [1.29, 1.82) is 0 Å². The maximum absolute atomic E-state index is 11.2. The van der Waals surface area contributed by atoms with Crippen molar-refractivity contribution >= 4 is 32.5 Å². The molecule has 0 amide bonds. The van der Waals surface area contributed by atoms with Gasteiger partial charge in [-0.2, -0.15) is 0 Å². The summed E-state index contributed by atoms with van der Waals surface area (Å²) in [6.07, 6.45) is 1.11. The molecule has 0 radical (unpaired) electrons. The van der Waals surface area contributed by atoms with E-state index in [0.717, 1.165) is 11.8 Å². The fourth-order valence-electron chi connectivity index (χ4n) is 1.29. The van der Waals surface area contributed by atoms with Gasteiger partial charge in [-0.3, -0.25) is 0 Å². The molecule has 1 N–H and O–H groups in total. The largest absolute Gasteiger partial charge is 0.329 e. The van der Waals surface area contributed by atoms with Gasteiger partial charge in [-0.05, 0) is 24.6 Å². The lowest BCUT2D eigenvalue weighted by Gasteiger charge is -1.95. The lowest BCUT2D eigenvalue weighted by Crippen LogP contribution is -1.98. The molecule has 0 saturated heterocycles. The van der Waals surface area contributed by atoms with Gasteiger partial charge >= 0.3 is 0 Å². The van der Waals surface area contributed by atoms with Crippen LogP contribution in [0.2, 0.25) is 5.02 Å². The smallest absolute Gasteiger partial charge is 0.225 e. The van der Waals surface area contributed by atoms with Crippen LogP contribution in [-0.2, 0) is 9.84 Å². The van der Waals surface area contributed by atoms with E-state index in [2.05, 4.69) is 9.97 Å². The molecule has 1 aromatic heterocycles. The molecular weight excluding hydrogens is 236 g/mol. The Balaban J connectivity index is 2.77. The van der Waals surface area contributed by atoms with Crippen LogP contribution in [0.3, 0.4) is 0 Å². The number of halogens is 1. The van der Waals surface area contributed by atoms with Crippen molar-refractivity contribution in [3.05, 3.63) is 22.7 Å². The standard InChI is InChI=1S/C9H9ClN2O2S/c1-5-3-7-8(4-6(5)10)12-9(11-7)15(2,13)14/h3-4H,1-2H3,(H,11,12). The van der Waals surface area contributed by atoms with Gasteiger partial charge in [0.2, 0.25) is 15.0 Å². The second kappa shape index (κ2) is 3.21. The Morgan fingerprint density at radius 3 is 2.67 bits per heavy atom. The van der Waals surface area contributed by atoms with Crippen molar-refractivity contribution in [2.75, 3.05) is 6.26 Å². The Labute approximate surface area is 92.2 Å². The Hall–Kier alpha value is -1.07. The Morgan fingerprint density at radius 1 is 1.40 bits per heavy atom. The molecule has 2 rings (SSSR count). The number of H-pyrrole nitrogens is 1. The maximum atomic E-state index is 11.2. The topological polar surface area (TPSA) is 62.8 Å². The average Bonchev–Trinajstić information content (AvgIpc) is 2.47. The number of fused-ring (bicyclic) bond motifs is 1. The van der Waals surface area contributed by atoms with E-state index in [1.54, 1.807) is 12.1 Å². The van der Waals surface area contributed by atoms with Gasteiger partial charge in [0.1, 0.15) is 0 Å². The molecule has 0 aliphatic carbocycles. The lowest BCUT2D eigenvalue weighted by atomic mass is 10.2. The summed E-state index contributed by atoms with van der Waals surface area (Å²) in [6, 6.07) is 3.43. The summed E-state index contributed by atoms with van der Waals surface area (Å²) < 4.78 is 22.5. The highest BCUT2D eigenvalue weighted by molar-refractivity contribution is 7.90. The van der Waals surface area contributed by atoms with Crippen LogP contribution in [0.15, 0.2) is 17.3 Å². The molecule has 0 spiro atoms. The van der Waals surface area contributed by atoms with Crippen LogP contribution in [0.1, 0.15) is 5.56 Å². The summed E-state index contributed by atoms with van der Waals surface area (Å²) in [7, 11) is -3.30. The molecule has 0 fully saturated rings. The summed E-state index contributed by atoms with van der Waals surface area (Å²) >= 11 is 5.91. The molecule has 0 aliphatic heterocycles.